The summed E-state index contributed by atoms with van der Waals surface area (Å²) in [5, 5.41) is 7.82. The highest BCUT2D eigenvalue weighted by Crippen LogP contribution is 2.21. The van der Waals surface area contributed by atoms with Gasteiger partial charge in [-0.15, -0.1) is 0 Å². The molecular formula is C20H23ClN4O4S. The van der Waals surface area contributed by atoms with E-state index in [-0.39, 0.29) is 23.3 Å². The van der Waals surface area contributed by atoms with Crippen molar-refractivity contribution >= 4 is 46.0 Å². The van der Waals surface area contributed by atoms with Gasteiger partial charge >= 0.3 is 0 Å². The average molecular weight is 451 g/mol. The topological polar surface area (TPSA) is 99.2 Å². The van der Waals surface area contributed by atoms with E-state index in [1.807, 2.05) is 13.8 Å². The van der Waals surface area contributed by atoms with E-state index < -0.39 is 0 Å². The molecule has 0 unspecified atom stereocenters. The van der Waals surface area contributed by atoms with Gasteiger partial charge in [-0.25, -0.2) is 4.98 Å². The number of amides is 1. The second kappa shape index (κ2) is 10.1. The molecule has 0 aliphatic rings. The Labute approximate surface area is 182 Å². The number of thioether (sulfide) groups is 1. The maximum Gasteiger partial charge on any atom is 0.262 e. The molecule has 3 aromatic rings. The molecule has 2 aromatic heterocycles. The number of fused-ring (bicyclic) bond motifs is 1. The van der Waals surface area contributed by atoms with Gasteiger partial charge < -0.3 is 14.6 Å². The molecule has 0 aliphatic heterocycles. The zero-order valence-corrected chi connectivity index (χ0v) is 18.5. The molecule has 0 saturated heterocycles. The molecule has 10 heteroatoms. The first-order chi connectivity index (χ1) is 14.3. The number of benzene rings is 1. The molecule has 0 radical (unpaired) electrons. The lowest BCUT2D eigenvalue weighted by molar-refractivity contribution is -0.113. The fraction of sp³-hybridized carbons (Fsp3) is 0.400. The number of halogens is 1. The Morgan fingerprint density at radius 3 is 2.87 bits per heavy atom. The SMILES string of the molecule is Cc1cc(NC(=O)CSc2nc3cc(Cl)ccc3c(=O)n2CCCOC(C)C)no1. The Kier molecular flexibility index (Phi) is 7.52. The van der Waals surface area contributed by atoms with Crippen molar-refractivity contribution in [3.8, 4) is 0 Å². The van der Waals surface area contributed by atoms with Crippen molar-refractivity contribution in [3.05, 3.63) is 45.4 Å². The van der Waals surface area contributed by atoms with Gasteiger partial charge in [0, 0.05) is 24.2 Å². The van der Waals surface area contributed by atoms with Gasteiger partial charge in [0.25, 0.3) is 5.56 Å². The van der Waals surface area contributed by atoms with Crippen molar-refractivity contribution in [1.82, 2.24) is 14.7 Å². The molecule has 0 atom stereocenters. The van der Waals surface area contributed by atoms with Gasteiger partial charge in [0.05, 0.1) is 22.8 Å². The highest BCUT2D eigenvalue weighted by atomic mass is 35.5. The predicted molar refractivity (Wildman–Crippen MR) is 117 cm³/mol. The Balaban J connectivity index is 1.79. The Hall–Kier alpha value is -2.36. The number of aromatic nitrogens is 3. The molecule has 1 N–H and O–H groups in total. The first-order valence-corrected chi connectivity index (χ1v) is 10.9. The molecule has 2 heterocycles. The third-order valence-corrected chi connectivity index (χ3v) is 5.30. The zero-order chi connectivity index (χ0) is 21.7. The van der Waals surface area contributed by atoms with Gasteiger partial charge in [-0.2, -0.15) is 0 Å². The molecule has 0 fully saturated rings. The van der Waals surface area contributed by atoms with Crippen molar-refractivity contribution in [2.75, 3.05) is 17.7 Å². The van der Waals surface area contributed by atoms with Crippen LogP contribution in [0.15, 0.2) is 38.7 Å². The van der Waals surface area contributed by atoms with E-state index in [9.17, 15) is 9.59 Å². The number of nitrogens with zero attached hydrogens (tertiary/aromatic N) is 3. The fourth-order valence-corrected chi connectivity index (χ4v) is 3.75. The minimum atomic E-state index is -0.275. The maximum atomic E-state index is 13.0. The smallest absolute Gasteiger partial charge is 0.262 e. The highest BCUT2D eigenvalue weighted by Gasteiger charge is 2.14. The Morgan fingerprint density at radius 2 is 2.17 bits per heavy atom. The summed E-state index contributed by atoms with van der Waals surface area (Å²) in [4.78, 5) is 29.9. The van der Waals surface area contributed by atoms with Crippen LogP contribution >= 0.6 is 23.4 Å². The van der Waals surface area contributed by atoms with Crippen molar-refractivity contribution in [3.63, 3.8) is 0 Å². The predicted octanol–water partition coefficient (Wildman–Crippen LogP) is 3.89. The molecule has 1 aromatic carbocycles. The lowest BCUT2D eigenvalue weighted by Crippen LogP contribution is -2.25. The summed E-state index contributed by atoms with van der Waals surface area (Å²) in [6.45, 7) is 6.62. The number of ether oxygens (including phenoxy) is 1. The van der Waals surface area contributed by atoms with Crippen LogP contribution < -0.4 is 10.9 Å². The van der Waals surface area contributed by atoms with Gasteiger partial charge in [-0.3, -0.25) is 14.2 Å². The molecule has 0 saturated carbocycles. The second-order valence-corrected chi connectivity index (χ2v) is 8.32. The van der Waals surface area contributed by atoms with E-state index in [0.29, 0.717) is 52.2 Å². The molecule has 8 nitrogen and oxygen atoms in total. The van der Waals surface area contributed by atoms with Crippen molar-refractivity contribution in [2.45, 2.75) is 45.0 Å². The van der Waals surface area contributed by atoms with Crippen LogP contribution in [0.2, 0.25) is 5.02 Å². The second-order valence-electron chi connectivity index (χ2n) is 6.95. The normalized spacial score (nSPS) is 11.4. The number of hydrogen-bond donors (Lipinski definition) is 1. The highest BCUT2D eigenvalue weighted by molar-refractivity contribution is 7.99. The third kappa shape index (κ3) is 5.84. The van der Waals surface area contributed by atoms with Crippen LogP contribution in [0.5, 0.6) is 0 Å². The number of carbonyl (C=O) groups excluding carboxylic acids is 1. The van der Waals surface area contributed by atoms with Crippen molar-refractivity contribution < 1.29 is 14.1 Å². The monoisotopic (exact) mass is 450 g/mol. The summed E-state index contributed by atoms with van der Waals surface area (Å²) in [7, 11) is 0. The Bertz CT molecular complexity index is 1100. The third-order valence-electron chi connectivity index (χ3n) is 4.09. The Morgan fingerprint density at radius 1 is 1.37 bits per heavy atom. The van der Waals surface area contributed by atoms with Crippen LogP contribution in [-0.4, -0.2) is 39.1 Å². The number of hydrogen-bond acceptors (Lipinski definition) is 7. The molecule has 30 heavy (non-hydrogen) atoms. The lowest BCUT2D eigenvalue weighted by atomic mass is 10.2. The van der Waals surface area contributed by atoms with Gasteiger partial charge in [0.2, 0.25) is 5.91 Å². The van der Waals surface area contributed by atoms with Crippen LogP contribution in [0.1, 0.15) is 26.0 Å². The summed E-state index contributed by atoms with van der Waals surface area (Å²) >= 11 is 7.24. The number of anilines is 1. The zero-order valence-electron chi connectivity index (χ0n) is 17.0. The molecule has 1 amide bonds. The summed E-state index contributed by atoms with van der Waals surface area (Å²) in [5.74, 6) is 0.735. The van der Waals surface area contributed by atoms with Crippen molar-refractivity contribution in [2.24, 2.45) is 0 Å². The number of nitrogens with one attached hydrogen (secondary N) is 1. The fourth-order valence-electron chi connectivity index (χ4n) is 2.76. The summed E-state index contributed by atoms with van der Waals surface area (Å²) in [6, 6.07) is 6.61. The first kappa shape index (κ1) is 22.3. The van der Waals surface area contributed by atoms with Crippen LogP contribution in [0.25, 0.3) is 10.9 Å². The van der Waals surface area contributed by atoms with E-state index in [1.165, 1.54) is 11.8 Å². The molecular weight excluding hydrogens is 428 g/mol. The van der Waals surface area contributed by atoms with E-state index in [1.54, 1.807) is 35.8 Å². The van der Waals surface area contributed by atoms with Crippen LogP contribution in [0.4, 0.5) is 5.82 Å². The lowest BCUT2D eigenvalue weighted by Gasteiger charge is -2.14. The summed E-state index contributed by atoms with van der Waals surface area (Å²) < 4.78 is 12.1. The maximum absolute atomic E-state index is 13.0. The van der Waals surface area contributed by atoms with Gasteiger partial charge in [-0.1, -0.05) is 28.5 Å². The summed E-state index contributed by atoms with van der Waals surface area (Å²) in [6.07, 6.45) is 0.771. The van der Waals surface area contributed by atoms with E-state index >= 15 is 0 Å². The number of carbonyl (C=O) groups is 1. The van der Waals surface area contributed by atoms with E-state index in [4.69, 9.17) is 20.9 Å². The molecule has 160 valence electrons. The largest absolute Gasteiger partial charge is 0.379 e. The molecule has 0 bridgehead atoms. The average Bonchev–Trinajstić information content (AvgIpc) is 3.09. The van der Waals surface area contributed by atoms with E-state index in [0.717, 1.165) is 0 Å². The van der Waals surface area contributed by atoms with Crippen molar-refractivity contribution in [1.29, 1.82) is 0 Å². The number of aryl methyl sites for hydroxylation is 1. The molecule has 3 rings (SSSR count). The van der Waals surface area contributed by atoms with Crippen LogP contribution in [-0.2, 0) is 16.1 Å². The quantitative estimate of drug-likeness (QED) is 0.300. The molecule has 0 spiro atoms. The van der Waals surface area contributed by atoms with Crippen LogP contribution in [0.3, 0.4) is 0 Å². The first-order valence-electron chi connectivity index (χ1n) is 9.51. The number of rotatable bonds is 9. The van der Waals surface area contributed by atoms with E-state index in [2.05, 4.69) is 15.5 Å². The standard InChI is InChI=1S/C20H23ClN4O4S/c1-12(2)28-8-4-7-25-19(27)15-6-5-14(21)10-16(15)22-20(25)30-11-18(26)23-17-9-13(3)29-24-17/h5-6,9-10,12H,4,7-8,11H2,1-3H3,(H,23,24,26). The van der Waals surface area contributed by atoms with Gasteiger partial charge in [0.15, 0.2) is 11.0 Å². The van der Waals surface area contributed by atoms with Gasteiger partial charge in [-0.05, 0) is 45.4 Å². The summed E-state index contributed by atoms with van der Waals surface area (Å²) in [5.41, 5.74) is 0.327. The minimum absolute atomic E-state index is 0.0624. The minimum Gasteiger partial charge on any atom is -0.379 e. The van der Waals surface area contributed by atoms with Gasteiger partial charge in [0.1, 0.15) is 5.76 Å². The van der Waals surface area contributed by atoms with Crippen LogP contribution in [0, 0.1) is 6.92 Å². The molecule has 0 aliphatic carbocycles.